The van der Waals surface area contributed by atoms with Gasteiger partial charge < -0.3 is 9.84 Å². The highest BCUT2D eigenvalue weighted by molar-refractivity contribution is 5.76. The first-order chi connectivity index (χ1) is 7.22. The fourth-order valence-electron chi connectivity index (χ4n) is 1.70. The van der Waals surface area contributed by atoms with E-state index in [1.807, 2.05) is 0 Å². The second kappa shape index (κ2) is 3.88. The maximum Gasteiger partial charge on any atom is 0.312 e. The van der Waals surface area contributed by atoms with Gasteiger partial charge in [0.2, 0.25) is 0 Å². The van der Waals surface area contributed by atoms with Crippen molar-refractivity contribution in [2.75, 3.05) is 7.11 Å². The summed E-state index contributed by atoms with van der Waals surface area (Å²) < 4.78 is 4.98. The molecule has 1 unspecified atom stereocenters. The molecule has 1 aromatic heterocycles. The van der Waals surface area contributed by atoms with Crippen LogP contribution in [0.25, 0.3) is 0 Å². The Labute approximate surface area is 87.9 Å². The van der Waals surface area contributed by atoms with E-state index in [1.165, 1.54) is 0 Å². The number of aliphatic carboxylic acids is 1. The van der Waals surface area contributed by atoms with Gasteiger partial charge in [0.1, 0.15) is 11.7 Å². The Morgan fingerprint density at radius 1 is 1.60 bits per heavy atom. The zero-order valence-corrected chi connectivity index (χ0v) is 8.51. The molecule has 2 rings (SSSR count). The lowest BCUT2D eigenvalue weighted by Gasteiger charge is -2.10. The van der Waals surface area contributed by atoms with Crippen LogP contribution in [0.4, 0.5) is 0 Å². The number of rotatable bonds is 4. The normalized spacial score (nSPS) is 17.1. The van der Waals surface area contributed by atoms with Gasteiger partial charge in [0, 0.05) is 0 Å². The SMILES string of the molecule is COc1ccc(C(C(=O)O)C2CC2)nc1. The van der Waals surface area contributed by atoms with E-state index in [2.05, 4.69) is 4.98 Å². The van der Waals surface area contributed by atoms with Gasteiger partial charge in [-0.1, -0.05) is 0 Å². The van der Waals surface area contributed by atoms with Crippen molar-refractivity contribution < 1.29 is 14.6 Å². The number of ether oxygens (including phenoxy) is 1. The summed E-state index contributed by atoms with van der Waals surface area (Å²) in [5.74, 6) is -0.312. The van der Waals surface area contributed by atoms with Crippen LogP contribution >= 0.6 is 0 Å². The van der Waals surface area contributed by atoms with Gasteiger partial charge in [0.05, 0.1) is 19.0 Å². The topological polar surface area (TPSA) is 59.4 Å². The lowest BCUT2D eigenvalue weighted by molar-refractivity contribution is -0.139. The predicted octanol–water partition coefficient (Wildman–Crippen LogP) is 1.67. The van der Waals surface area contributed by atoms with Crippen LogP contribution in [0.1, 0.15) is 24.5 Å². The minimum atomic E-state index is -0.782. The standard InChI is InChI=1S/C11H13NO3/c1-15-8-4-5-9(12-6-8)10(11(13)14)7-2-3-7/h4-7,10H,2-3H2,1H3,(H,13,14). The molecule has 4 heteroatoms. The van der Waals surface area contributed by atoms with E-state index >= 15 is 0 Å². The monoisotopic (exact) mass is 207 g/mol. The van der Waals surface area contributed by atoms with Crippen LogP contribution in [0.15, 0.2) is 18.3 Å². The molecule has 80 valence electrons. The number of aromatic nitrogens is 1. The van der Waals surface area contributed by atoms with Gasteiger partial charge in [0.25, 0.3) is 0 Å². The summed E-state index contributed by atoms with van der Waals surface area (Å²) in [5, 5.41) is 9.09. The molecule has 1 aliphatic rings. The molecule has 0 saturated heterocycles. The summed E-state index contributed by atoms with van der Waals surface area (Å²) in [6, 6.07) is 3.48. The smallest absolute Gasteiger partial charge is 0.312 e. The Hall–Kier alpha value is -1.58. The molecule has 4 nitrogen and oxygen atoms in total. The molecule has 0 aromatic carbocycles. The Morgan fingerprint density at radius 2 is 2.33 bits per heavy atom. The van der Waals surface area contributed by atoms with Gasteiger partial charge in [-0.25, -0.2) is 0 Å². The summed E-state index contributed by atoms with van der Waals surface area (Å²) in [5.41, 5.74) is 0.630. The number of hydrogen-bond donors (Lipinski definition) is 1. The first-order valence-electron chi connectivity index (χ1n) is 4.95. The Kier molecular flexibility index (Phi) is 2.58. The van der Waals surface area contributed by atoms with Crippen molar-refractivity contribution in [2.24, 2.45) is 5.92 Å². The number of nitrogens with zero attached hydrogens (tertiary/aromatic N) is 1. The highest BCUT2D eigenvalue weighted by Crippen LogP contribution is 2.42. The Morgan fingerprint density at radius 3 is 2.73 bits per heavy atom. The number of pyridine rings is 1. The zero-order valence-electron chi connectivity index (χ0n) is 8.51. The molecule has 0 radical (unpaired) electrons. The van der Waals surface area contributed by atoms with Crippen molar-refractivity contribution >= 4 is 5.97 Å². The Bertz CT molecular complexity index is 357. The molecule has 0 spiro atoms. The molecule has 15 heavy (non-hydrogen) atoms. The van der Waals surface area contributed by atoms with Gasteiger partial charge in [-0.05, 0) is 30.9 Å². The zero-order chi connectivity index (χ0) is 10.8. The van der Waals surface area contributed by atoms with Crippen molar-refractivity contribution in [1.29, 1.82) is 0 Å². The highest BCUT2D eigenvalue weighted by atomic mass is 16.5. The third-order valence-corrected chi connectivity index (χ3v) is 2.67. The molecule has 1 atom stereocenters. The molecule has 1 saturated carbocycles. The average molecular weight is 207 g/mol. The average Bonchev–Trinajstić information content (AvgIpc) is 3.03. The van der Waals surface area contributed by atoms with Crippen molar-refractivity contribution in [1.82, 2.24) is 4.98 Å². The molecule has 1 aromatic rings. The number of methoxy groups -OCH3 is 1. The van der Waals surface area contributed by atoms with E-state index in [0.29, 0.717) is 11.4 Å². The fourth-order valence-corrected chi connectivity index (χ4v) is 1.70. The first-order valence-corrected chi connectivity index (χ1v) is 4.95. The van der Waals surface area contributed by atoms with Gasteiger partial charge in [-0.3, -0.25) is 9.78 Å². The van der Waals surface area contributed by atoms with Crippen LogP contribution in [0.2, 0.25) is 0 Å². The summed E-state index contributed by atoms with van der Waals surface area (Å²) >= 11 is 0. The number of carbonyl (C=O) groups is 1. The quantitative estimate of drug-likeness (QED) is 0.815. The maximum atomic E-state index is 11.1. The number of carboxylic acids is 1. The van der Waals surface area contributed by atoms with Crippen LogP contribution < -0.4 is 4.74 Å². The molecule has 0 aliphatic heterocycles. The van der Waals surface area contributed by atoms with Crippen LogP contribution in [0.3, 0.4) is 0 Å². The first kappa shape index (κ1) is 9.96. The minimum absolute atomic E-state index is 0.267. The lowest BCUT2D eigenvalue weighted by atomic mass is 9.99. The second-order valence-corrected chi connectivity index (χ2v) is 3.78. The van der Waals surface area contributed by atoms with Gasteiger partial charge >= 0.3 is 5.97 Å². The third kappa shape index (κ3) is 2.09. The van der Waals surface area contributed by atoms with Crippen molar-refractivity contribution in [3.8, 4) is 5.75 Å². The molecule has 0 amide bonds. The fraction of sp³-hybridized carbons (Fsp3) is 0.455. The van der Waals surface area contributed by atoms with Crippen LogP contribution in [0, 0.1) is 5.92 Å². The molecule has 0 bridgehead atoms. The molecule has 1 N–H and O–H groups in total. The van der Waals surface area contributed by atoms with E-state index in [-0.39, 0.29) is 5.92 Å². The molecule has 1 fully saturated rings. The van der Waals surface area contributed by atoms with E-state index in [4.69, 9.17) is 9.84 Å². The molecule has 1 heterocycles. The lowest BCUT2D eigenvalue weighted by Crippen LogP contribution is -2.14. The van der Waals surface area contributed by atoms with Crippen molar-refractivity contribution in [3.05, 3.63) is 24.0 Å². The molecular weight excluding hydrogens is 194 g/mol. The van der Waals surface area contributed by atoms with E-state index < -0.39 is 11.9 Å². The van der Waals surface area contributed by atoms with Gasteiger partial charge in [0.15, 0.2) is 0 Å². The molecular formula is C11H13NO3. The largest absolute Gasteiger partial charge is 0.495 e. The number of carboxylic acid groups (broad SMARTS) is 1. The van der Waals surface area contributed by atoms with Crippen molar-refractivity contribution in [2.45, 2.75) is 18.8 Å². The molecule has 1 aliphatic carbocycles. The minimum Gasteiger partial charge on any atom is -0.495 e. The Balaban J connectivity index is 2.22. The van der Waals surface area contributed by atoms with E-state index in [9.17, 15) is 4.79 Å². The maximum absolute atomic E-state index is 11.1. The van der Waals surface area contributed by atoms with E-state index in [0.717, 1.165) is 12.8 Å². The van der Waals surface area contributed by atoms with E-state index in [1.54, 1.807) is 25.4 Å². The summed E-state index contributed by atoms with van der Waals surface area (Å²) in [7, 11) is 1.56. The summed E-state index contributed by atoms with van der Waals surface area (Å²) in [6.45, 7) is 0. The summed E-state index contributed by atoms with van der Waals surface area (Å²) in [6.07, 6.45) is 3.54. The second-order valence-electron chi connectivity index (χ2n) is 3.78. The van der Waals surface area contributed by atoms with Crippen LogP contribution in [-0.4, -0.2) is 23.2 Å². The predicted molar refractivity (Wildman–Crippen MR) is 53.9 cm³/mol. The van der Waals surface area contributed by atoms with Gasteiger partial charge in [-0.2, -0.15) is 0 Å². The van der Waals surface area contributed by atoms with Crippen LogP contribution in [-0.2, 0) is 4.79 Å². The van der Waals surface area contributed by atoms with Crippen LogP contribution in [0.5, 0.6) is 5.75 Å². The van der Waals surface area contributed by atoms with Crippen molar-refractivity contribution in [3.63, 3.8) is 0 Å². The highest BCUT2D eigenvalue weighted by Gasteiger charge is 2.38. The summed E-state index contributed by atoms with van der Waals surface area (Å²) in [4.78, 5) is 15.2. The third-order valence-electron chi connectivity index (χ3n) is 2.67. The van der Waals surface area contributed by atoms with Gasteiger partial charge in [-0.15, -0.1) is 0 Å². The number of hydrogen-bond acceptors (Lipinski definition) is 3.